The van der Waals surface area contributed by atoms with Gasteiger partial charge in [0.25, 0.3) is 0 Å². The lowest BCUT2D eigenvalue weighted by molar-refractivity contribution is 0.136. The maximum Gasteiger partial charge on any atom is 0.319 e. The number of hydrogen-bond acceptors (Lipinski definition) is 3. The molecule has 5 nitrogen and oxygen atoms in total. The second kappa shape index (κ2) is 8.55. The first-order valence-corrected chi connectivity index (χ1v) is 5.61. The maximum absolute atomic E-state index is 11.4. The van der Waals surface area contributed by atoms with Crippen LogP contribution in [0, 0.1) is 6.07 Å². The van der Waals surface area contributed by atoms with Crippen LogP contribution in [0.4, 0.5) is 10.5 Å². The summed E-state index contributed by atoms with van der Waals surface area (Å²) in [5.41, 5.74) is 6.03. The molecule has 1 aromatic carbocycles. The molecule has 0 heterocycles. The minimum Gasteiger partial charge on any atom is -0.380 e. The fourth-order valence-electron chi connectivity index (χ4n) is 1.17. The Morgan fingerprint density at radius 1 is 1.47 bits per heavy atom. The number of carbonyl (C=O) groups is 1. The molecular formula is C12H18N3O2. The van der Waals surface area contributed by atoms with E-state index in [1.54, 1.807) is 18.2 Å². The Balaban J connectivity index is 2.06. The summed E-state index contributed by atoms with van der Waals surface area (Å²) in [6, 6.07) is 9.72. The number of benzene rings is 1. The number of carbonyl (C=O) groups excluding carboxylic acids is 1. The quantitative estimate of drug-likeness (QED) is 0.617. The van der Waals surface area contributed by atoms with Gasteiger partial charge >= 0.3 is 6.03 Å². The molecule has 0 aliphatic carbocycles. The Labute approximate surface area is 101 Å². The third-order valence-corrected chi connectivity index (χ3v) is 1.99. The first-order chi connectivity index (χ1) is 8.33. The van der Waals surface area contributed by atoms with E-state index in [0.29, 0.717) is 32.0 Å². The van der Waals surface area contributed by atoms with Gasteiger partial charge in [-0.1, -0.05) is 12.1 Å². The van der Waals surface area contributed by atoms with Gasteiger partial charge in [-0.05, 0) is 31.2 Å². The molecule has 0 aromatic heterocycles. The lowest BCUT2D eigenvalue weighted by Gasteiger charge is -2.07. The van der Waals surface area contributed by atoms with E-state index in [0.717, 1.165) is 6.42 Å². The smallest absolute Gasteiger partial charge is 0.319 e. The van der Waals surface area contributed by atoms with Crippen molar-refractivity contribution in [1.29, 1.82) is 0 Å². The molecule has 0 fully saturated rings. The summed E-state index contributed by atoms with van der Waals surface area (Å²) in [6.45, 7) is 2.23. The topological polar surface area (TPSA) is 76.4 Å². The normalized spacial score (nSPS) is 9.94. The van der Waals surface area contributed by atoms with E-state index in [4.69, 9.17) is 10.5 Å². The highest BCUT2D eigenvalue weighted by Crippen LogP contribution is 2.03. The molecule has 0 unspecified atom stereocenters. The number of ether oxygens (including phenoxy) is 1. The van der Waals surface area contributed by atoms with Crippen LogP contribution in [-0.2, 0) is 4.74 Å². The van der Waals surface area contributed by atoms with Crippen molar-refractivity contribution < 1.29 is 9.53 Å². The van der Waals surface area contributed by atoms with Crippen LogP contribution in [0.15, 0.2) is 24.3 Å². The highest BCUT2D eigenvalue weighted by molar-refractivity contribution is 5.89. The van der Waals surface area contributed by atoms with Crippen molar-refractivity contribution in [3.63, 3.8) is 0 Å². The van der Waals surface area contributed by atoms with E-state index < -0.39 is 0 Å². The molecule has 93 valence electrons. The van der Waals surface area contributed by atoms with Crippen molar-refractivity contribution in [2.24, 2.45) is 5.73 Å². The number of rotatable bonds is 7. The molecule has 0 spiro atoms. The zero-order valence-electron chi connectivity index (χ0n) is 9.74. The lowest BCUT2D eigenvalue weighted by atomic mass is 10.3. The fraction of sp³-hybridized carbons (Fsp3) is 0.417. The van der Waals surface area contributed by atoms with Crippen LogP contribution in [0.2, 0.25) is 0 Å². The predicted molar refractivity (Wildman–Crippen MR) is 66.8 cm³/mol. The minimum atomic E-state index is -0.243. The van der Waals surface area contributed by atoms with Gasteiger partial charge in [-0.2, -0.15) is 0 Å². The van der Waals surface area contributed by atoms with Gasteiger partial charge in [0, 0.05) is 18.8 Å². The van der Waals surface area contributed by atoms with E-state index >= 15 is 0 Å². The number of nitrogens with one attached hydrogen (secondary N) is 2. The first-order valence-electron chi connectivity index (χ1n) is 5.61. The van der Waals surface area contributed by atoms with Gasteiger partial charge in [-0.25, -0.2) is 4.79 Å². The number of amides is 2. The Kier molecular flexibility index (Phi) is 6.78. The van der Waals surface area contributed by atoms with Gasteiger partial charge < -0.3 is 21.1 Å². The van der Waals surface area contributed by atoms with Gasteiger partial charge in [-0.3, -0.25) is 0 Å². The van der Waals surface area contributed by atoms with Gasteiger partial charge in [0.05, 0.1) is 6.61 Å². The lowest BCUT2D eigenvalue weighted by Crippen LogP contribution is -2.31. The molecule has 1 radical (unpaired) electrons. The molecule has 1 rings (SSSR count). The standard InChI is InChI=1S/C12H18N3O2/c13-7-4-9-17-10-8-14-12(16)15-11-5-2-1-3-6-11/h1-2,5-6H,4,7-10,13H2,(H2,14,15,16). The third kappa shape index (κ3) is 6.55. The van der Waals surface area contributed by atoms with Crippen LogP contribution in [0.3, 0.4) is 0 Å². The monoisotopic (exact) mass is 236 g/mol. The second-order valence-corrected chi connectivity index (χ2v) is 3.43. The number of urea groups is 1. The molecule has 0 aliphatic rings. The average molecular weight is 236 g/mol. The fourth-order valence-corrected chi connectivity index (χ4v) is 1.17. The van der Waals surface area contributed by atoms with E-state index in [2.05, 4.69) is 16.7 Å². The average Bonchev–Trinajstić information content (AvgIpc) is 2.35. The summed E-state index contributed by atoms with van der Waals surface area (Å²) in [4.78, 5) is 11.4. The molecule has 2 amide bonds. The summed E-state index contributed by atoms with van der Waals surface area (Å²) in [5.74, 6) is 0. The van der Waals surface area contributed by atoms with Gasteiger partial charge in [0.2, 0.25) is 0 Å². The van der Waals surface area contributed by atoms with Crippen molar-refractivity contribution in [1.82, 2.24) is 5.32 Å². The molecule has 0 saturated carbocycles. The zero-order valence-corrected chi connectivity index (χ0v) is 9.74. The molecule has 0 bridgehead atoms. The van der Waals surface area contributed by atoms with E-state index in [1.165, 1.54) is 0 Å². The van der Waals surface area contributed by atoms with Crippen molar-refractivity contribution in [3.05, 3.63) is 30.3 Å². The molecule has 0 atom stereocenters. The van der Waals surface area contributed by atoms with Gasteiger partial charge in [-0.15, -0.1) is 0 Å². The molecule has 1 aromatic rings. The Bertz CT molecular complexity index is 317. The molecule has 0 saturated heterocycles. The van der Waals surface area contributed by atoms with Crippen LogP contribution in [0.1, 0.15) is 6.42 Å². The van der Waals surface area contributed by atoms with E-state index in [9.17, 15) is 4.79 Å². The summed E-state index contributed by atoms with van der Waals surface area (Å²) >= 11 is 0. The Morgan fingerprint density at radius 3 is 3.06 bits per heavy atom. The van der Waals surface area contributed by atoms with Crippen LogP contribution < -0.4 is 16.4 Å². The Hall–Kier alpha value is -1.59. The number of nitrogens with two attached hydrogens (primary N) is 1. The highest BCUT2D eigenvalue weighted by Gasteiger charge is 1.99. The molecule has 5 heteroatoms. The molecule has 0 aliphatic heterocycles. The van der Waals surface area contributed by atoms with Gasteiger partial charge in [0.1, 0.15) is 0 Å². The predicted octanol–water partition coefficient (Wildman–Crippen LogP) is 0.974. The van der Waals surface area contributed by atoms with Crippen LogP contribution >= 0.6 is 0 Å². The summed E-state index contributed by atoms with van der Waals surface area (Å²) in [7, 11) is 0. The molecule has 4 N–H and O–H groups in total. The second-order valence-electron chi connectivity index (χ2n) is 3.43. The first kappa shape index (κ1) is 13.5. The largest absolute Gasteiger partial charge is 0.380 e. The SMILES string of the molecule is NCCCOCCNC(=O)Nc1c[c]ccc1. The van der Waals surface area contributed by atoms with Crippen molar-refractivity contribution in [3.8, 4) is 0 Å². The third-order valence-electron chi connectivity index (χ3n) is 1.99. The van der Waals surface area contributed by atoms with Crippen LogP contribution in [0.25, 0.3) is 0 Å². The molecular weight excluding hydrogens is 218 g/mol. The highest BCUT2D eigenvalue weighted by atomic mass is 16.5. The number of anilines is 1. The zero-order chi connectivity index (χ0) is 12.3. The van der Waals surface area contributed by atoms with Crippen LogP contribution in [-0.4, -0.2) is 32.3 Å². The minimum absolute atomic E-state index is 0.243. The molecule has 17 heavy (non-hydrogen) atoms. The van der Waals surface area contributed by atoms with E-state index in [-0.39, 0.29) is 6.03 Å². The summed E-state index contributed by atoms with van der Waals surface area (Å²) in [6.07, 6.45) is 0.839. The summed E-state index contributed by atoms with van der Waals surface area (Å²) in [5, 5.41) is 5.37. The van der Waals surface area contributed by atoms with Crippen LogP contribution in [0.5, 0.6) is 0 Å². The summed E-state index contributed by atoms with van der Waals surface area (Å²) < 4.78 is 5.25. The maximum atomic E-state index is 11.4. The van der Waals surface area contributed by atoms with Crippen molar-refractivity contribution in [2.45, 2.75) is 6.42 Å². The van der Waals surface area contributed by atoms with Gasteiger partial charge in [0.15, 0.2) is 0 Å². The van der Waals surface area contributed by atoms with E-state index in [1.807, 2.05) is 6.07 Å². The Morgan fingerprint density at radius 2 is 2.35 bits per heavy atom. The van der Waals surface area contributed by atoms with Crippen molar-refractivity contribution >= 4 is 11.7 Å². The van der Waals surface area contributed by atoms with Crippen molar-refractivity contribution in [2.75, 3.05) is 31.6 Å². The number of hydrogen-bond donors (Lipinski definition) is 3.